The van der Waals surface area contributed by atoms with Gasteiger partial charge in [-0.15, -0.1) is 0 Å². The largest absolute Gasteiger partial charge is 0.450 e. The number of halogens is 1. The molecule has 2 aromatic rings. The Morgan fingerprint density at radius 1 is 1.28 bits per heavy atom. The van der Waals surface area contributed by atoms with Gasteiger partial charge in [-0.1, -0.05) is 16.8 Å². The number of aromatic nitrogens is 1. The standard InChI is InChI=1S/C18H22FN3O3/c1-3-24-18(23)22-8-6-21(7-9-22)12-14-11-17(25-20-14)15-10-13(2)4-5-16(15)19/h4-5,10-11H,3,6-9,12H2,1-2H3. The number of rotatable bonds is 4. The quantitative estimate of drug-likeness (QED) is 0.851. The highest BCUT2D eigenvalue weighted by Crippen LogP contribution is 2.25. The van der Waals surface area contributed by atoms with Crippen LogP contribution in [0.2, 0.25) is 0 Å². The first kappa shape index (κ1) is 17.4. The molecule has 0 radical (unpaired) electrons. The van der Waals surface area contributed by atoms with Gasteiger partial charge < -0.3 is 14.2 Å². The van der Waals surface area contributed by atoms with E-state index in [-0.39, 0.29) is 11.9 Å². The highest BCUT2D eigenvalue weighted by atomic mass is 19.1. The van der Waals surface area contributed by atoms with Crippen molar-refractivity contribution in [2.45, 2.75) is 20.4 Å². The fourth-order valence-electron chi connectivity index (χ4n) is 2.87. The van der Waals surface area contributed by atoms with Crippen molar-refractivity contribution in [3.8, 4) is 11.3 Å². The minimum absolute atomic E-state index is 0.263. The fourth-order valence-corrected chi connectivity index (χ4v) is 2.87. The van der Waals surface area contributed by atoms with Crippen LogP contribution in [0.4, 0.5) is 9.18 Å². The molecule has 1 aromatic heterocycles. The monoisotopic (exact) mass is 347 g/mol. The zero-order valence-corrected chi connectivity index (χ0v) is 14.5. The maximum absolute atomic E-state index is 14.0. The Balaban J connectivity index is 1.59. The lowest BCUT2D eigenvalue weighted by Gasteiger charge is -2.33. The first-order valence-corrected chi connectivity index (χ1v) is 8.43. The summed E-state index contributed by atoms with van der Waals surface area (Å²) in [4.78, 5) is 15.6. The van der Waals surface area contributed by atoms with Gasteiger partial charge in [0.15, 0.2) is 5.76 Å². The predicted octanol–water partition coefficient (Wildman–Crippen LogP) is 3.06. The molecule has 25 heavy (non-hydrogen) atoms. The van der Waals surface area contributed by atoms with Crippen LogP contribution in [0.1, 0.15) is 18.2 Å². The van der Waals surface area contributed by atoms with E-state index >= 15 is 0 Å². The number of piperazine rings is 1. The van der Waals surface area contributed by atoms with Gasteiger partial charge in [0.25, 0.3) is 0 Å². The summed E-state index contributed by atoms with van der Waals surface area (Å²) in [5.74, 6) is 0.109. The molecule has 1 amide bonds. The van der Waals surface area contributed by atoms with Gasteiger partial charge in [0.1, 0.15) is 5.82 Å². The van der Waals surface area contributed by atoms with Gasteiger partial charge in [0, 0.05) is 38.8 Å². The lowest BCUT2D eigenvalue weighted by molar-refractivity contribution is 0.0772. The number of hydrogen-bond donors (Lipinski definition) is 0. The van der Waals surface area contributed by atoms with Gasteiger partial charge in [-0.2, -0.15) is 0 Å². The lowest BCUT2D eigenvalue weighted by atomic mass is 10.1. The second kappa shape index (κ2) is 7.65. The summed E-state index contributed by atoms with van der Waals surface area (Å²) < 4.78 is 24.3. The Morgan fingerprint density at radius 3 is 2.76 bits per heavy atom. The number of carbonyl (C=O) groups excluding carboxylic acids is 1. The zero-order chi connectivity index (χ0) is 17.8. The summed E-state index contributed by atoms with van der Waals surface area (Å²) >= 11 is 0. The Labute approximate surface area is 146 Å². The minimum Gasteiger partial charge on any atom is -0.450 e. The number of ether oxygens (including phenoxy) is 1. The molecule has 0 aliphatic carbocycles. The van der Waals surface area contributed by atoms with Gasteiger partial charge in [0.2, 0.25) is 0 Å². The van der Waals surface area contributed by atoms with Crippen LogP contribution in [-0.4, -0.2) is 53.8 Å². The highest BCUT2D eigenvalue weighted by molar-refractivity contribution is 5.67. The van der Waals surface area contributed by atoms with E-state index in [2.05, 4.69) is 10.1 Å². The van der Waals surface area contributed by atoms with Gasteiger partial charge in [-0.25, -0.2) is 9.18 Å². The van der Waals surface area contributed by atoms with Gasteiger partial charge in [-0.05, 0) is 26.0 Å². The van der Waals surface area contributed by atoms with Crippen molar-refractivity contribution < 1.29 is 18.4 Å². The van der Waals surface area contributed by atoms with E-state index in [1.165, 1.54) is 6.07 Å². The van der Waals surface area contributed by atoms with Crippen molar-refractivity contribution in [1.82, 2.24) is 15.0 Å². The maximum Gasteiger partial charge on any atom is 0.409 e. The summed E-state index contributed by atoms with van der Waals surface area (Å²) in [6.45, 7) is 7.41. The van der Waals surface area contributed by atoms with Gasteiger partial charge in [-0.3, -0.25) is 4.90 Å². The highest BCUT2D eigenvalue weighted by Gasteiger charge is 2.23. The number of benzene rings is 1. The SMILES string of the molecule is CCOC(=O)N1CCN(Cc2cc(-c3cc(C)ccc3F)on2)CC1. The summed E-state index contributed by atoms with van der Waals surface area (Å²) in [7, 11) is 0. The van der Waals surface area contributed by atoms with Crippen molar-refractivity contribution >= 4 is 6.09 Å². The second-order valence-corrected chi connectivity index (χ2v) is 6.13. The molecule has 0 saturated carbocycles. The Morgan fingerprint density at radius 2 is 2.04 bits per heavy atom. The van der Waals surface area contributed by atoms with E-state index in [1.54, 1.807) is 30.0 Å². The predicted molar refractivity (Wildman–Crippen MR) is 90.5 cm³/mol. The van der Waals surface area contributed by atoms with E-state index in [9.17, 15) is 9.18 Å². The molecule has 2 heterocycles. The molecule has 0 spiro atoms. The van der Waals surface area contributed by atoms with Crippen LogP contribution in [0.5, 0.6) is 0 Å². The number of nitrogens with zero attached hydrogens (tertiary/aromatic N) is 3. The number of aryl methyl sites for hydroxylation is 1. The normalized spacial score (nSPS) is 15.4. The van der Waals surface area contributed by atoms with Crippen LogP contribution >= 0.6 is 0 Å². The van der Waals surface area contributed by atoms with Crippen molar-refractivity contribution in [3.05, 3.63) is 41.3 Å². The third-order valence-corrected chi connectivity index (χ3v) is 4.23. The van der Waals surface area contributed by atoms with Gasteiger partial charge >= 0.3 is 6.09 Å². The summed E-state index contributed by atoms with van der Waals surface area (Å²) in [6, 6.07) is 6.67. The maximum atomic E-state index is 14.0. The molecular formula is C18H22FN3O3. The van der Waals surface area contributed by atoms with Crippen molar-refractivity contribution in [2.75, 3.05) is 32.8 Å². The van der Waals surface area contributed by atoms with Crippen LogP contribution in [0.25, 0.3) is 11.3 Å². The molecule has 1 saturated heterocycles. The van der Waals surface area contributed by atoms with Crippen molar-refractivity contribution in [1.29, 1.82) is 0 Å². The molecular weight excluding hydrogens is 325 g/mol. The molecule has 1 fully saturated rings. The Hall–Kier alpha value is -2.41. The average molecular weight is 347 g/mol. The molecule has 1 aliphatic rings. The third-order valence-electron chi connectivity index (χ3n) is 4.23. The molecule has 0 bridgehead atoms. The number of hydrogen-bond acceptors (Lipinski definition) is 5. The van der Waals surface area contributed by atoms with E-state index in [0.717, 1.165) is 24.3 Å². The topological polar surface area (TPSA) is 58.8 Å². The molecule has 0 atom stereocenters. The molecule has 1 aromatic carbocycles. The van der Waals surface area contributed by atoms with E-state index in [0.29, 0.717) is 37.6 Å². The summed E-state index contributed by atoms with van der Waals surface area (Å²) in [5.41, 5.74) is 2.14. The van der Waals surface area contributed by atoms with Crippen LogP contribution < -0.4 is 0 Å². The van der Waals surface area contributed by atoms with Crippen LogP contribution in [-0.2, 0) is 11.3 Å². The average Bonchev–Trinajstić information content (AvgIpc) is 3.06. The van der Waals surface area contributed by atoms with Crippen molar-refractivity contribution in [3.63, 3.8) is 0 Å². The Bertz CT molecular complexity index is 739. The number of amides is 1. The molecule has 0 N–H and O–H groups in total. The van der Waals surface area contributed by atoms with Crippen molar-refractivity contribution in [2.24, 2.45) is 0 Å². The molecule has 6 nitrogen and oxygen atoms in total. The second-order valence-electron chi connectivity index (χ2n) is 6.13. The third kappa shape index (κ3) is 4.17. The zero-order valence-electron chi connectivity index (χ0n) is 14.5. The molecule has 7 heteroatoms. The fraction of sp³-hybridized carbons (Fsp3) is 0.444. The minimum atomic E-state index is -0.323. The van der Waals surface area contributed by atoms with Gasteiger partial charge in [0.05, 0.1) is 17.9 Å². The molecule has 1 aliphatic heterocycles. The van der Waals surface area contributed by atoms with Crippen LogP contribution in [0.3, 0.4) is 0 Å². The van der Waals surface area contributed by atoms with E-state index < -0.39 is 0 Å². The first-order chi connectivity index (χ1) is 12.1. The number of carbonyl (C=O) groups is 1. The van der Waals surface area contributed by atoms with E-state index in [1.807, 2.05) is 6.92 Å². The summed E-state index contributed by atoms with van der Waals surface area (Å²) in [5, 5.41) is 4.05. The first-order valence-electron chi connectivity index (χ1n) is 8.43. The summed E-state index contributed by atoms with van der Waals surface area (Å²) in [6.07, 6.45) is -0.263. The Kier molecular flexibility index (Phi) is 5.33. The molecule has 3 rings (SSSR count). The van der Waals surface area contributed by atoms with Crippen LogP contribution in [0, 0.1) is 12.7 Å². The van der Waals surface area contributed by atoms with E-state index in [4.69, 9.17) is 9.26 Å². The molecule has 134 valence electrons. The lowest BCUT2D eigenvalue weighted by Crippen LogP contribution is -2.48. The van der Waals surface area contributed by atoms with Crippen LogP contribution in [0.15, 0.2) is 28.8 Å². The smallest absolute Gasteiger partial charge is 0.409 e. The molecule has 0 unspecified atom stereocenters.